The van der Waals surface area contributed by atoms with Gasteiger partial charge < -0.3 is 4.57 Å². The number of aromatic nitrogens is 4. The third-order valence-electron chi connectivity index (χ3n) is 8.55. The van der Waals surface area contributed by atoms with Crippen LogP contribution in [-0.4, -0.2) is 19.5 Å². The maximum absolute atomic E-state index is 14.5. The minimum atomic E-state index is -4.57. The van der Waals surface area contributed by atoms with E-state index in [2.05, 4.69) is 41.8 Å². The Hall–Kier alpha value is -6.08. The Bertz CT molecular complexity index is 2390. The second-order valence-corrected chi connectivity index (χ2v) is 11.7. The summed E-state index contributed by atoms with van der Waals surface area (Å²) in [6.07, 6.45) is -4.57. The molecule has 0 saturated heterocycles. The monoisotopic (exact) mass is 632 g/mol. The third kappa shape index (κ3) is 5.19. The lowest BCUT2D eigenvalue weighted by atomic mass is 9.94. The molecule has 0 aliphatic heterocycles. The van der Waals surface area contributed by atoms with E-state index in [0.29, 0.717) is 22.8 Å². The fraction of sp³-hybridized carbons (Fsp3) is 0.0488. The SMILES string of the molecule is Cc1ccc2c(c1)c1ccccc1n2-c1ccc(-c2ccccc2C(F)(F)F)c(-c2nc(-c3ccccc3)nc(-c3ccccc3)n2)c1. The molecule has 0 aliphatic carbocycles. The van der Waals surface area contributed by atoms with Gasteiger partial charge in [-0.15, -0.1) is 0 Å². The maximum atomic E-state index is 14.5. The molecule has 0 fully saturated rings. The van der Waals surface area contributed by atoms with E-state index >= 15 is 0 Å². The highest BCUT2D eigenvalue weighted by atomic mass is 19.4. The van der Waals surface area contributed by atoms with Gasteiger partial charge >= 0.3 is 6.18 Å². The number of halogens is 3. The number of benzene rings is 6. The highest BCUT2D eigenvalue weighted by Crippen LogP contribution is 2.42. The number of hydrogen-bond acceptors (Lipinski definition) is 3. The molecule has 0 bridgehead atoms. The van der Waals surface area contributed by atoms with Crippen LogP contribution < -0.4 is 0 Å². The van der Waals surface area contributed by atoms with Crippen LogP contribution in [0, 0.1) is 6.92 Å². The lowest BCUT2D eigenvalue weighted by Crippen LogP contribution is -2.08. The van der Waals surface area contributed by atoms with Gasteiger partial charge in [0, 0.05) is 33.2 Å². The van der Waals surface area contributed by atoms with Crippen molar-refractivity contribution in [3.05, 3.63) is 157 Å². The van der Waals surface area contributed by atoms with Crippen molar-refractivity contribution in [1.29, 1.82) is 0 Å². The Balaban J connectivity index is 1.45. The molecule has 0 N–H and O–H groups in total. The molecule has 0 atom stereocenters. The minimum Gasteiger partial charge on any atom is -0.309 e. The standard InChI is InChI=1S/C41H27F3N4/c1-26-20-23-37-33(24-26)32-17-9-11-19-36(32)48(37)29-21-22-30(31-16-8-10-18-35(31)41(42,43)44)34(25-29)40-46-38(27-12-4-2-5-13-27)45-39(47-40)28-14-6-3-7-15-28/h2-25H,1H3. The highest BCUT2D eigenvalue weighted by molar-refractivity contribution is 6.09. The predicted octanol–water partition coefficient (Wildman–Crippen LogP) is 11.0. The molecule has 6 aromatic carbocycles. The van der Waals surface area contributed by atoms with Gasteiger partial charge in [-0.2, -0.15) is 13.2 Å². The number of aryl methyl sites for hydroxylation is 1. The number of fused-ring (bicyclic) bond motifs is 3. The molecule has 48 heavy (non-hydrogen) atoms. The van der Waals surface area contributed by atoms with Crippen LogP contribution >= 0.6 is 0 Å². The van der Waals surface area contributed by atoms with Crippen LogP contribution in [0.3, 0.4) is 0 Å². The Morgan fingerprint density at radius 3 is 1.75 bits per heavy atom. The van der Waals surface area contributed by atoms with E-state index in [1.54, 1.807) is 12.1 Å². The fourth-order valence-electron chi connectivity index (χ4n) is 6.35. The molecule has 0 amide bonds. The van der Waals surface area contributed by atoms with E-state index < -0.39 is 11.7 Å². The van der Waals surface area contributed by atoms with Crippen molar-refractivity contribution in [2.75, 3.05) is 0 Å². The van der Waals surface area contributed by atoms with E-state index in [1.165, 1.54) is 12.1 Å². The van der Waals surface area contributed by atoms with E-state index in [4.69, 9.17) is 15.0 Å². The van der Waals surface area contributed by atoms with Gasteiger partial charge in [0.05, 0.1) is 16.6 Å². The molecule has 8 rings (SSSR count). The van der Waals surface area contributed by atoms with Crippen LogP contribution in [-0.2, 0) is 6.18 Å². The first-order valence-electron chi connectivity index (χ1n) is 15.5. The van der Waals surface area contributed by atoms with Gasteiger partial charge in [-0.1, -0.05) is 115 Å². The fourth-order valence-corrected chi connectivity index (χ4v) is 6.35. The van der Waals surface area contributed by atoms with Crippen LogP contribution in [0.2, 0.25) is 0 Å². The van der Waals surface area contributed by atoms with E-state index in [-0.39, 0.29) is 11.4 Å². The van der Waals surface area contributed by atoms with E-state index in [0.717, 1.165) is 50.2 Å². The highest BCUT2D eigenvalue weighted by Gasteiger charge is 2.34. The number of alkyl halides is 3. The molecule has 2 heterocycles. The molecule has 0 saturated carbocycles. The largest absolute Gasteiger partial charge is 0.417 e. The van der Waals surface area contributed by atoms with Gasteiger partial charge in [0.2, 0.25) is 0 Å². The zero-order valence-corrected chi connectivity index (χ0v) is 25.8. The van der Waals surface area contributed by atoms with Crippen molar-refractivity contribution in [3.8, 4) is 51.0 Å². The van der Waals surface area contributed by atoms with Crippen molar-refractivity contribution in [2.24, 2.45) is 0 Å². The minimum absolute atomic E-state index is 0.0485. The summed E-state index contributed by atoms with van der Waals surface area (Å²) >= 11 is 0. The second kappa shape index (κ2) is 11.6. The normalized spacial score (nSPS) is 11.8. The van der Waals surface area contributed by atoms with Crippen LogP contribution in [0.5, 0.6) is 0 Å². The predicted molar refractivity (Wildman–Crippen MR) is 186 cm³/mol. The number of para-hydroxylation sites is 1. The Kier molecular flexibility index (Phi) is 7.10. The molecule has 4 nitrogen and oxygen atoms in total. The lowest BCUT2D eigenvalue weighted by molar-refractivity contribution is -0.137. The second-order valence-electron chi connectivity index (χ2n) is 11.7. The third-order valence-corrected chi connectivity index (χ3v) is 8.55. The molecule has 8 aromatic rings. The molecular weight excluding hydrogens is 605 g/mol. The molecule has 2 aromatic heterocycles. The van der Waals surface area contributed by atoms with Crippen LogP contribution in [0.4, 0.5) is 13.2 Å². The number of nitrogens with zero attached hydrogens (tertiary/aromatic N) is 4. The first kappa shape index (κ1) is 29.3. The summed E-state index contributed by atoms with van der Waals surface area (Å²) < 4.78 is 45.6. The summed E-state index contributed by atoms with van der Waals surface area (Å²) in [5.74, 6) is 1.12. The summed E-state index contributed by atoms with van der Waals surface area (Å²) in [5.41, 5.74) is 5.56. The molecule has 0 spiro atoms. The van der Waals surface area contributed by atoms with E-state index in [1.807, 2.05) is 84.9 Å². The number of rotatable bonds is 5. The van der Waals surface area contributed by atoms with Gasteiger partial charge in [-0.3, -0.25) is 0 Å². The Morgan fingerprint density at radius 2 is 1.06 bits per heavy atom. The lowest BCUT2D eigenvalue weighted by Gasteiger charge is -2.18. The van der Waals surface area contributed by atoms with Gasteiger partial charge in [0.15, 0.2) is 17.5 Å². The van der Waals surface area contributed by atoms with Gasteiger partial charge in [-0.05, 0) is 54.4 Å². The Morgan fingerprint density at radius 1 is 0.479 bits per heavy atom. The van der Waals surface area contributed by atoms with Crippen molar-refractivity contribution >= 4 is 21.8 Å². The van der Waals surface area contributed by atoms with Crippen LogP contribution in [0.15, 0.2) is 146 Å². The van der Waals surface area contributed by atoms with Crippen LogP contribution in [0.1, 0.15) is 11.1 Å². The summed E-state index contributed by atoms with van der Waals surface area (Å²) in [7, 11) is 0. The molecule has 7 heteroatoms. The van der Waals surface area contributed by atoms with E-state index in [9.17, 15) is 13.2 Å². The summed E-state index contributed by atoms with van der Waals surface area (Å²) in [5, 5.41) is 2.18. The van der Waals surface area contributed by atoms with Gasteiger partial charge in [0.25, 0.3) is 0 Å². The van der Waals surface area contributed by atoms with Crippen molar-refractivity contribution < 1.29 is 13.2 Å². The molecule has 0 unspecified atom stereocenters. The number of hydrogen-bond donors (Lipinski definition) is 0. The van der Waals surface area contributed by atoms with Crippen molar-refractivity contribution in [3.63, 3.8) is 0 Å². The van der Waals surface area contributed by atoms with Crippen molar-refractivity contribution in [1.82, 2.24) is 19.5 Å². The summed E-state index contributed by atoms with van der Waals surface area (Å²) in [6, 6.07) is 44.7. The van der Waals surface area contributed by atoms with Crippen LogP contribution in [0.25, 0.3) is 72.8 Å². The summed E-state index contributed by atoms with van der Waals surface area (Å²) in [4.78, 5) is 14.7. The molecule has 0 aliphatic rings. The molecule has 232 valence electrons. The average molecular weight is 633 g/mol. The first-order chi connectivity index (χ1) is 23.3. The van der Waals surface area contributed by atoms with Gasteiger partial charge in [-0.25, -0.2) is 15.0 Å². The summed E-state index contributed by atoms with van der Waals surface area (Å²) in [6.45, 7) is 2.06. The smallest absolute Gasteiger partial charge is 0.309 e. The average Bonchev–Trinajstić information content (AvgIpc) is 3.45. The molecule has 0 radical (unpaired) electrons. The first-order valence-corrected chi connectivity index (χ1v) is 15.5. The Labute approximate surface area is 274 Å². The zero-order valence-electron chi connectivity index (χ0n) is 25.8. The van der Waals surface area contributed by atoms with Gasteiger partial charge in [0.1, 0.15) is 0 Å². The maximum Gasteiger partial charge on any atom is 0.417 e. The zero-order chi connectivity index (χ0) is 32.8. The van der Waals surface area contributed by atoms with Crippen molar-refractivity contribution in [2.45, 2.75) is 13.1 Å². The molecular formula is C41H27F3N4. The topological polar surface area (TPSA) is 43.6 Å². The quantitative estimate of drug-likeness (QED) is 0.190.